The van der Waals surface area contributed by atoms with Gasteiger partial charge in [0.1, 0.15) is 5.82 Å². The molecule has 2 aromatic rings. The van der Waals surface area contributed by atoms with Crippen molar-refractivity contribution in [2.45, 2.75) is 19.3 Å². The fourth-order valence-corrected chi connectivity index (χ4v) is 3.61. The fourth-order valence-electron chi connectivity index (χ4n) is 2.77. The first kappa shape index (κ1) is 19.8. The summed E-state index contributed by atoms with van der Waals surface area (Å²) in [5.41, 5.74) is 6.28. The van der Waals surface area contributed by atoms with Crippen LogP contribution in [0.4, 0.5) is 9.52 Å². The quantitative estimate of drug-likeness (QED) is 0.829. The average Bonchev–Trinajstić information content (AvgIpc) is 3.04. The second-order valence-corrected chi connectivity index (χ2v) is 7.10. The molecule has 1 aromatic heterocycles. The summed E-state index contributed by atoms with van der Waals surface area (Å²) in [6.45, 7) is 1.41. The topological polar surface area (TPSA) is 77.2 Å². The van der Waals surface area contributed by atoms with Crippen LogP contribution in [0.2, 0.25) is 0 Å². The number of hydrogen-bond acceptors (Lipinski definition) is 5. The zero-order chi connectivity index (χ0) is 17.0. The third-order valence-electron chi connectivity index (χ3n) is 4.39. The number of nitrogens with zero attached hydrogens (tertiary/aromatic N) is 1. The lowest BCUT2D eigenvalue weighted by atomic mass is 9.79. The highest BCUT2D eigenvalue weighted by Crippen LogP contribution is 2.31. The van der Waals surface area contributed by atoms with Crippen LogP contribution in [0, 0.1) is 11.2 Å². The number of amides is 1. The van der Waals surface area contributed by atoms with Gasteiger partial charge in [0.2, 0.25) is 5.91 Å². The molecule has 0 radical (unpaired) electrons. The van der Waals surface area contributed by atoms with Gasteiger partial charge in [-0.3, -0.25) is 4.79 Å². The van der Waals surface area contributed by atoms with Crippen molar-refractivity contribution < 1.29 is 13.9 Å². The molecule has 3 rings (SSSR count). The molecule has 0 spiro atoms. The largest absolute Gasteiger partial charge is 0.381 e. The van der Waals surface area contributed by atoms with Crippen LogP contribution in [0.5, 0.6) is 0 Å². The molecule has 8 heteroatoms. The molecular formula is C17H21ClFN3O2S. The Balaban J connectivity index is 0.00000225. The van der Waals surface area contributed by atoms with Gasteiger partial charge in [-0.15, -0.1) is 23.7 Å². The summed E-state index contributed by atoms with van der Waals surface area (Å²) in [6, 6.07) is 6.38. The Kier molecular flexibility index (Phi) is 6.89. The van der Waals surface area contributed by atoms with E-state index in [1.165, 1.54) is 23.5 Å². The highest BCUT2D eigenvalue weighted by atomic mass is 35.5. The van der Waals surface area contributed by atoms with Gasteiger partial charge in [-0.1, -0.05) is 12.1 Å². The molecule has 1 aromatic carbocycles. The number of hydrogen-bond donors (Lipinski definition) is 2. The molecule has 1 aliphatic heterocycles. The number of nitrogens with one attached hydrogen (secondary N) is 1. The number of nitrogens with two attached hydrogens (primary N) is 1. The van der Waals surface area contributed by atoms with E-state index in [1.54, 1.807) is 18.3 Å². The second kappa shape index (κ2) is 8.71. The van der Waals surface area contributed by atoms with Crippen LogP contribution in [-0.2, 0) is 16.0 Å². The van der Waals surface area contributed by atoms with E-state index in [0.29, 0.717) is 44.2 Å². The SMILES string of the molecule is Cl.NCC1(C(=O)Nc2ncc(Cc3ccc(F)cc3)s2)CCOCC1. The van der Waals surface area contributed by atoms with Crippen LogP contribution in [0.15, 0.2) is 30.5 Å². The smallest absolute Gasteiger partial charge is 0.233 e. The Hall–Kier alpha value is -1.54. The lowest BCUT2D eigenvalue weighted by Crippen LogP contribution is -2.46. The third-order valence-corrected chi connectivity index (χ3v) is 5.30. The van der Waals surface area contributed by atoms with Crippen molar-refractivity contribution in [3.8, 4) is 0 Å². The predicted octanol–water partition coefficient (Wildman–Crippen LogP) is 2.99. The van der Waals surface area contributed by atoms with Crippen LogP contribution in [0.1, 0.15) is 23.3 Å². The number of anilines is 1. The van der Waals surface area contributed by atoms with Crippen molar-refractivity contribution >= 4 is 34.8 Å². The molecule has 136 valence electrons. The van der Waals surface area contributed by atoms with Gasteiger partial charge in [-0.05, 0) is 30.5 Å². The molecule has 25 heavy (non-hydrogen) atoms. The molecule has 2 heterocycles. The van der Waals surface area contributed by atoms with Gasteiger partial charge in [0.05, 0.1) is 5.41 Å². The molecule has 0 bridgehead atoms. The van der Waals surface area contributed by atoms with Crippen LogP contribution in [-0.4, -0.2) is 30.6 Å². The molecule has 1 fully saturated rings. The van der Waals surface area contributed by atoms with E-state index in [9.17, 15) is 9.18 Å². The number of benzene rings is 1. The average molecular weight is 386 g/mol. The van der Waals surface area contributed by atoms with Gasteiger partial charge in [0, 0.05) is 37.3 Å². The monoisotopic (exact) mass is 385 g/mol. The van der Waals surface area contributed by atoms with Crippen molar-refractivity contribution in [3.63, 3.8) is 0 Å². The Morgan fingerprint density at radius 3 is 2.64 bits per heavy atom. The first-order chi connectivity index (χ1) is 11.6. The third kappa shape index (κ3) is 4.76. The normalized spacial score (nSPS) is 16.1. The fraction of sp³-hybridized carbons (Fsp3) is 0.412. The van der Waals surface area contributed by atoms with Gasteiger partial charge in [-0.2, -0.15) is 0 Å². The molecule has 1 aliphatic rings. The number of thiazole rings is 1. The standard InChI is InChI=1S/C17H20FN3O2S.ClH/c18-13-3-1-12(2-4-13)9-14-10-20-16(24-14)21-15(22)17(11-19)5-7-23-8-6-17;/h1-4,10H,5-9,11,19H2,(H,20,21,22);1H. The Bertz CT molecular complexity index is 702. The summed E-state index contributed by atoms with van der Waals surface area (Å²) in [6.07, 6.45) is 3.65. The Labute approximate surface area is 156 Å². The van der Waals surface area contributed by atoms with Crippen molar-refractivity contribution in [1.29, 1.82) is 0 Å². The molecule has 1 amide bonds. The van der Waals surface area contributed by atoms with E-state index >= 15 is 0 Å². The first-order valence-electron chi connectivity index (χ1n) is 7.90. The van der Waals surface area contributed by atoms with E-state index in [-0.39, 0.29) is 24.1 Å². The minimum Gasteiger partial charge on any atom is -0.381 e. The van der Waals surface area contributed by atoms with Crippen LogP contribution >= 0.6 is 23.7 Å². The predicted molar refractivity (Wildman–Crippen MR) is 98.7 cm³/mol. The van der Waals surface area contributed by atoms with E-state index in [4.69, 9.17) is 10.5 Å². The highest BCUT2D eigenvalue weighted by Gasteiger charge is 2.39. The van der Waals surface area contributed by atoms with Crippen LogP contribution < -0.4 is 11.1 Å². The van der Waals surface area contributed by atoms with Gasteiger partial charge in [0.25, 0.3) is 0 Å². The number of carbonyl (C=O) groups is 1. The number of carbonyl (C=O) groups excluding carboxylic acids is 1. The van der Waals surface area contributed by atoms with Gasteiger partial charge < -0.3 is 15.8 Å². The number of rotatable bonds is 5. The number of ether oxygens (including phenoxy) is 1. The summed E-state index contributed by atoms with van der Waals surface area (Å²) < 4.78 is 18.3. The number of halogens is 2. The van der Waals surface area contributed by atoms with E-state index < -0.39 is 5.41 Å². The highest BCUT2D eigenvalue weighted by molar-refractivity contribution is 7.15. The summed E-state index contributed by atoms with van der Waals surface area (Å²) >= 11 is 1.42. The van der Waals surface area contributed by atoms with Crippen molar-refractivity contribution in [2.75, 3.05) is 25.1 Å². The van der Waals surface area contributed by atoms with E-state index in [2.05, 4.69) is 10.3 Å². The first-order valence-corrected chi connectivity index (χ1v) is 8.71. The minimum absolute atomic E-state index is 0. The van der Waals surface area contributed by atoms with Crippen molar-refractivity contribution in [2.24, 2.45) is 11.1 Å². The zero-order valence-electron chi connectivity index (χ0n) is 13.7. The maximum atomic E-state index is 12.9. The van der Waals surface area contributed by atoms with Gasteiger partial charge in [0.15, 0.2) is 5.13 Å². The van der Waals surface area contributed by atoms with Crippen molar-refractivity contribution in [1.82, 2.24) is 4.98 Å². The zero-order valence-corrected chi connectivity index (χ0v) is 15.3. The van der Waals surface area contributed by atoms with E-state index in [0.717, 1.165) is 10.4 Å². The summed E-state index contributed by atoms with van der Waals surface area (Å²) in [4.78, 5) is 17.9. The molecule has 3 N–H and O–H groups in total. The Morgan fingerprint density at radius 2 is 2.00 bits per heavy atom. The molecule has 5 nitrogen and oxygen atoms in total. The van der Waals surface area contributed by atoms with E-state index in [1.807, 2.05) is 0 Å². The summed E-state index contributed by atoms with van der Waals surface area (Å²) in [5.74, 6) is -0.337. The number of aromatic nitrogens is 1. The maximum absolute atomic E-state index is 12.9. The lowest BCUT2D eigenvalue weighted by molar-refractivity contribution is -0.130. The minimum atomic E-state index is -0.568. The molecular weight excluding hydrogens is 365 g/mol. The van der Waals surface area contributed by atoms with Crippen molar-refractivity contribution in [3.05, 3.63) is 46.7 Å². The molecule has 0 unspecified atom stereocenters. The summed E-state index contributed by atoms with van der Waals surface area (Å²) in [5, 5.41) is 3.46. The maximum Gasteiger partial charge on any atom is 0.233 e. The molecule has 0 saturated carbocycles. The second-order valence-electron chi connectivity index (χ2n) is 5.99. The van der Waals surface area contributed by atoms with Gasteiger partial charge in [-0.25, -0.2) is 9.37 Å². The van der Waals surface area contributed by atoms with Crippen LogP contribution in [0.25, 0.3) is 0 Å². The van der Waals surface area contributed by atoms with Gasteiger partial charge >= 0.3 is 0 Å². The lowest BCUT2D eigenvalue weighted by Gasteiger charge is -2.34. The molecule has 0 atom stereocenters. The summed E-state index contributed by atoms with van der Waals surface area (Å²) in [7, 11) is 0. The molecule has 1 saturated heterocycles. The van der Waals surface area contributed by atoms with Crippen LogP contribution in [0.3, 0.4) is 0 Å². The Morgan fingerprint density at radius 1 is 1.32 bits per heavy atom. The molecule has 0 aliphatic carbocycles.